The highest BCUT2D eigenvalue weighted by Crippen LogP contribution is 2.20. The molecule has 0 radical (unpaired) electrons. The van der Waals surface area contributed by atoms with Gasteiger partial charge in [0.2, 0.25) is 11.8 Å². The predicted molar refractivity (Wildman–Crippen MR) is 99.6 cm³/mol. The predicted octanol–water partition coefficient (Wildman–Crippen LogP) is 2.54. The summed E-state index contributed by atoms with van der Waals surface area (Å²) in [4.78, 5) is 26.3. The Bertz CT molecular complexity index is 825. The number of carbonyl (C=O) groups excluding carboxylic acids is 2. The number of methoxy groups -OCH3 is 1. The van der Waals surface area contributed by atoms with E-state index in [2.05, 4.69) is 5.32 Å². The Hall–Kier alpha value is -2.89. The molecule has 1 heterocycles. The van der Waals surface area contributed by atoms with Crippen LogP contribution in [0.4, 0.5) is 4.39 Å². The van der Waals surface area contributed by atoms with Crippen LogP contribution < -0.4 is 10.1 Å². The summed E-state index contributed by atoms with van der Waals surface area (Å²) in [6.45, 7) is 1.08. The molecule has 1 aliphatic rings. The third kappa shape index (κ3) is 4.84. The van der Waals surface area contributed by atoms with Crippen LogP contribution in [0.1, 0.15) is 17.5 Å². The second-order valence-corrected chi connectivity index (χ2v) is 6.65. The number of hydrogen-bond donors (Lipinski definition) is 1. The molecule has 0 saturated carbocycles. The lowest BCUT2D eigenvalue weighted by Crippen LogP contribution is -2.33. The highest BCUT2D eigenvalue weighted by molar-refractivity contribution is 5.89. The summed E-state index contributed by atoms with van der Waals surface area (Å²) in [5, 5.41) is 2.74. The molecule has 1 N–H and O–H groups in total. The van der Waals surface area contributed by atoms with Crippen molar-refractivity contribution >= 4 is 11.8 Å². The molecule has 0 spiro atoms. The fraction of sp³-hybridized carbons (Fsp3) is 0.333. The number of halogens is 1. The Morgan fingerprint density at radius 3 is 2.85 bits per heavy atom. The Morgan fingerprint density at radius 2 is 2.07 bits per heavy atom. The summed E-state index contributed by atoms with van der Waals surface area (Å²) in [5.41, 5.74) is 1.51. The van der Waals surface area contributed by atoms with Crippen LogP contribution in [-0.2, 0) is 22.6 Å². The summed E-state index contributed by atoms with van der Waals surface area (Å²) < 4.78 is 18.8. The van der Waals surface area contributed by atoms with Crippen molar-refractivity contribution in [2.75, 3.05) is 20.2 Å². The molecule has 1 fully saturated rings. The third-order valence-electron chi connectivity index (χ3n) is 4.80. The molecule has 6 heteroatoms. The summed E-state index contributed by atoms with van der Waals surface area (Å²) >= 11 is 0. The summed E-state index contributed by atoms with van der Waals surface area (Å²) in [7, 11) is 1.62. The molecular weight excluding hydrogens is 347 g/mol. The lowest BCUT2D eigenvalue weighted by Gasteiger charge is -2.17. The summed E-state index contributed by atoms with van der Waals surface area (Å²) in [5.74, 6) is -0.195. The number of rotatable bonds is 7. The van der Waals surface area contributed by atoms with E-state index in [9.17, 15) is 14.0 Å². The van der Waals surface area contributed by atoms with E-state index in [0.717, 1.165) is 11.3 Å². The van der Waals surface area contributed by atoms with E-state index < -0.39 is 5.92 Å². The van der Waals surface area contributed by atoms with Gasteiger partial charge in [-0.25, -0.2) is 4.39 Å². The standard InChI is InChI=1S/C21H23FN2O3/c1-27-18-7-4-5-15(11-18)9-10-24-14-17(12-20(24)25)21(26)23-13-16-6-2-3-8-19(16)22/h2-8,11,17H,9-10,12-14H2,1H3,(H,23,26). The first-order valence-electron chi connectivity index (χ1n) is 8.98. The van der Waals surface area contributed by atoms with Gasteiger partial charge in [0, 0.05) is 31.6 Å². The van der Waals surface area contributed by atoms with Crippen LogP contribution >= 0.6 is 0 Å². The van der Waals surface area contributed by atoms with Crippen molar-refractivity contribution in [1.82, 2.24) is 10.2 Å². The van der Waals surface area contributed by atoms with Crippen molar-refractivity contribution in [3.63, 3.8) is 0 Å². The molecule has 2 amide bonds. The molecule has 0 aromatic heterocycles. The van der Waals surface area contributed by atoms with Crippen LogP contribution in [-0.4, -0.2) is 36.9 Å². The highest BCUT2D eigenvalue weighted by atomic mass is 19.1. The molecule has 2 aromatic carbocycles. The van der Waals surface area contributed by atoms with Gasteiger partial charge in [0.1, 0.15) is 11.6 Å². The van der Waals surface area contributed by atoms with Crippen LogP contribution in [0.3, 0.4) is 0 Å². The summed E-state index contributed by atoms with van der Waals surface area (Å²) in [6.07, 6.45) is 0.897. The number of ether oxygens (including phenoxy) is 1. The molecule has 0 bridgehead atoms. The maximum atomic E-state index is 13.6. The van der Waals surface area contributed by atoms with Crippen LogP contribution in [0.25, 0.3) is 0 Å². The lowest BCUT2D eigenvalue weighted by molar-refractivity contribution is -0.129. The van der Waals surface area contributed by atoms with E-state index in [1.165, 1.54) is 6.07 Å². The van der Waals surface area contributed by atoms with Gasteiger partial charge in [0.25, 0.3) is 0 Å². The first-order chi connectivity index (χ1) is 13.1. The first-order valence-corrected chi connectivity index (χ1v) is 8.98. The minimum Gasteiger partial charge on any atom is -0.497 e. The quantitative estimate of drug-likeness (QED) is 0.815. The van der Waals surface area contributed by atoms with Crippen molar-refractivity contribution in [2.24, 2.45) is 5.92 Å². The monoisotopic (exact) mass is 370 g/mol. The van der Waals surface area contributed by atoms with Gasteiger partial charge >= 0.3 is 0 Å². The molecule has 1 saturated heterocycles. The smallest absolute Gasteiger partial charge is 0.225 e. The SMILES string of the molecule is COc1cccc(CCN2CC(C(=O)NCc3ccccc3F)CC2=O)c1. The van der Waals surface area contributed by atoms with Crippen LogP contribution in [0.2, 0.25) is 0 Å². The van der Waals surface area contributed by atoms with E-state index in [-0.39, 0.29) is 30.6 Å². The van der Waals surface area contributed by atoms with E-state index in [4.69, 9.17) is 4.74 Å². The van der Waals surface area contributed by atoms with Gasteiger partial charge in [-0.2, -0.15) is 0 Å². The van der Waals surface area contributed by atoms with Gasteiger partial charge in [0.05, 0.1) is 13.0 Å². The molecule has 1 unspecified atom stereocenters. The van der Waals surface area contributed by atoms with Crippen molar-refractivity contribution in [3.05, 3.63) is 65.5 Å². The fourth-order valence-corrected chi connectivity index (χ4v) is 3.22. The normalized spacial score (nSPS) is 16.4. The second kappa shape index (κ2) is 8.66. The van der Waals surface area contributed by atoms with Crippen LogP contribution in [0.15, 0.2) is 48.5 Å². The maximum absolute atomic E-state index is 13.6. The van der Waals surface area contributed by atoms with Crippen molar-refractivity contribution in [1.29, 1.82) is 0 Å². The van der Waals surface area contributed by atoms with Crippen molar-refractivity contribution < 1.29 is 18.7 Å². The lowest BCUT2D eigenvalue weighted by atomic mass is 10.1. The zero-order chi connectivity index (χ0) is 19.2. The summed E-state index contributed by atoms with van der Waals surface area (Å²) in [6, 6.07) is 14.1. The molecule has 5 nitrogen and oxygen atoms in total. The van der Waals surface area contributed by atoms with E-state index >= 15 is 0 Å². The van der Waals surface area contributed by atoms with Crippen molar-refractivity contribution in [2.45, 2.75) is 19.4 Å². The number of nitrogens with zero attached hydrogens (tertiary/aromatic N) is 1. The minimum atomic E-state index is -0.394. The first kappa shape index (κ1) is 18.9. The number of carbonyl (C=O) groups is 2. The molecule has 2 aromatic rings. The molecule has 142 valence electrons. The van der Waals surface area contributed by atoms with Gasteiger partial charge in [-0.1, -0.05) is 30.3 Å². The van der Waals surface area contributed by atoms with Gasteiger partial charge < -0.3 is 15.0 Å². The topological polar surface area (TPSA) is 58.6 Å². The average Bonchev–Trinajstić information content (AvgIpc) is 3.06. The number of amides is 2. The van der Waals surface area contributed by atoms with E-state index in [1.807, 2.05) is 24.3 Å². The van der Waals surface area contributed by atoms with Gasteiger partial charge in [-0.3, -0.25) is 9.59 Å². The molecule has 27 heavy (non-hydrogen) atoms. The molecule has 0 aliphatic carbocycles. The molecule has 1 aliphatic heterocycles. The zero-order valence-electron chi connectivity index (χ0n) is 15.3. The number of likely N-dealkylation sites (tertiary alicyclic amines) is 1. The molecule has 1 atom stereocenters. The van der Waals surface area contributed by atoms with E-state index in [1.54, 1.807) is 30.2 Å². The number of nitrogens with one attached hydrogen (secondary N) is 1. The van der Waals surface area contributed by atoms with Crippen molar-refractivity contribution in [3.8, 4) is 5.75 Å². The van der Waals surface area contributed by atoms with E-state index in [0.29, 0.717) is 25.1 Å². The molecular formula is C21H23FN2O3. The Kier molecular flexibility index (Phi) is 6.06. The Labute approximate surface area is 158 Å². The Balaban J connectivity index is 1.50. The highest BCUT2D eigenvalue weighted by Gasteiger charge is 2.33. The van der Waals surface area contributed by atoms with Gasteiger partial charge in [-0.05, 0) is 30.2 Å². The Morgan fingerprint density at radius 1 is 1.26 bits per heavy atom. The zero-order valence-corrected chi connectivity index (χ0v) is 15.3. The average molecular weight is 370 g/mol. The van der Waals surface area contributed by atoms with Gasteiger partial charge in [0.15, 0.2) is 0 Å². The number of hydrogen-bond acceptors (Lipinski definition) is 3. The maximum Gasteiger partial charge on any atom is 0.225 e. The fourth-order valence-electron chi connectivity index (χ4n) is 3.22. The van der Waals surface area contributed by atoms with Crippen LogP contribution in [0.5, 0.6) is 5.75 Å². The number of benzene rings is 2. The second-order valence-electron chi connectivity index (χ2n) is 6.65. The largest absolute Gasteiger partial charge is 0.497 e. The third-order valence-corrected chi connectivity index (χ3v) is 4.80. The molecule has 3 rings (SSSR count). The minimum absolute atomic E-state index is 0.0241. The van der Waals surface area contributed by atoms with Gasteiger partial charge in [-0.15, -0.1) is 0 Å². The van der Waals surface area contributed by atoms with Crippen LogP contribution in [0, 0.1) is 11.7 Å².